The summed E-state index contributed by atoms with van der Waals surface area (Å²) < 4.78 is 0. The van der Waals surface area contributed by atoms with Crippen LogP contribution in [0.5, 0.6) is 0 Å². The van der Waals surface area contributed by atoms with Gasteiger partial charge in [0.15, 0.2) is 0 Å². The minimum atomic E-state index is 0.0113. The van der Waals surface area contributed by atoms with E-state index in [1.54, 1.807) is 0 Å². The molecule has 2 rings (SSSR count). The molecule has 1 unspecified atom stereocenters. The van der Waals surface area contributed by atoms with E-state index in [1.807, 2.05) is 24.3 Å². The van der Waals surface area contributed by atoms with Gasteiger partial charge in [0, 0.05) is 24.7 Å². The average molecular weight is 284 g/mol. The zero-order valence-corrected chi connectivity index (χ0v) is 11.8. The van der Waals surface area contributed by atoms with E-state index in [0.717, 1.165) is 43.2 Å². The number of nitrogens with zero attached hydrogens (tertiary/aromatic N) is 1. The van der Waals surface area contributed by atoms with Crippen molar-refractivity contribution in [3.63, 3.8) is 0 Å². The van der Waals surface area contributed by atoms with Gasteiger partial charge in [0.05, 0.1) is 11.0 Å². The predicted molar refractivity (Wildman–Crippen MR) is 80.0 cm³/mol. The SMILES string of the molecule is NC(=S)C(c1ccc(Cl)cc1)N1CCCNCC1. The van der Waals surface area contributed by atoms with Gasteiger partial charge in [-0.1, -0.05) is 36.0 Å². The lowest BCUT2D eigenvalue weighted by molar-refractivity contribution is 0.261. The van der Waals surface area contributed by atoms with Crippen molar-refractivity contribution in [3.8, 4) is 0 Å². The molecular formula is C13H18ClN3S. The lowest BCUT2D eigenvalue weighted by atomic mass is 10.0. The first-order valence-electron chi connectivity index (χ1n) is 6.18. The van der Waals surface area contributed by atoms with Crippen LogP contribution in [0, 0.1) is 0 Å². The molecule has 1 fully saturated rings. The Morgan fingerprint density at radius 1 is 1.28 bits per heavy atom. The number of rotatable bonds is 3. The number of halogens is 1. The van der Waals surface area contributed by atoms with Crippen LogP contribution in [0.25, 0.3) is 0 Å². The highest BCUT2D eigenvalue weighted by atomic mass is 35.5. The number of hydrogen-bond acceptors (Lipinski definition) is 3. The highest BCUT2D eigenvalue weighted by Crippen LogP contribution is 2.23. The van der Waals surface area contributed by atoms with E-state index in [1.165, 1.54) is 0 Å². The van der Waals surface area contributed by atoms with E-state index < -0.39 is 0 Å². The third-order valence-electron chi connectivity index (χ3n) is 3.20. The van der Waals surface area contributed by atoms with Crippen LogP contribution in [0.4, 0.5) is 0 Å². The number of benzene rings is 1. The molecule has 0 radical (unpaired) electrons. The molecule has 98 valence electrons. The topological polar surface area (TPSA) is 41.3 Å². The van der Waals surface area contributed by atoms with Crippen molar-refractivity contribution in [2.45, 2.75) is 12.5 Å². The summed E-state index contributed by atoms with van der Waals surface area (Å²) in [6.07, 6.45) is 1.12. The van der Waals surface area contributed by atoms with Crippen molar-refractivity contribution >= 4 is 28.8 Å². The third-order valence-corrected chi connectivity index (χ3v) is 3.67. The van der Waals surface area contributed by atoms with Crippen molar-refractivity contribution in [1.82, 2.24) is 10.2 Å². The van der Waals surface area contributed by atoms with Gasteiger partial charge >= 0.3 is 0 Å². The standard InChI is InChI=1S/C13H18ClN3S/c14-11-4-2-10(3-5-11)12(13(15)18)17-8-1-6-16-7-9-17/h2-5,12,16H,1,6-9H2,(H2,15,18). The molecule has 0 bridgehead atoms. The Labute approximate surface area is 118 Å². The molecule has 5 heteroatoms. The second-order valence-corrected chi connectivity index (χ2v) is 5.40. The van der Waals surface area contributed by atoms with E-state index in [4.69, 9.17) is 29.6 Å². The normalized spacial score (nSPS) is 19.2. The summed E-state index contributed by atoms with van der Waals surface area (Å²) in [5.74, 6) is 0. The zero-order chi connectivity index (χ0) is 13.0. The van der Waals surface area contributed by atoms with Crippen LogP contribution in [0.1, 0.15) is 18.0 Å². The molecule has 1 aromatic rings. The van der Waals surface area contributed by atoms with E-state index in [2.05, 4.69) is 10.2 Å². The summed E-state index contributed by atoms with van der Waals surface area (Å²) >= 11 is 11.2. The van der Waals surface area contributed by atoms with Gasteiger partial charge in [-0.3, -0.25) is 4.90 Å². The molecule has 1 atom stereocenters. The minimum absolute atomic E-state index is 0.0113. The van der Waals surface area contributed by atoms with Crippen LogP contribution in [0.15, 0.2) is 24.3 Å². The fourth-order valence-corrected chi connectivity index (χ4v) is 2.74. The van der Waals surface area contributed by atoms with Gasteiger partial charge in [0.1, 0.15) is 0 Å². The highest BCUT2D eigenvalue weighted by Gasteiger charge is 2.23. The summed E-state index contributed by atoms with van der Waals surface area (Å²) in [5, 5.41) is 4.12. The lowest BCUT2D eigenvalue weighted by Crippen LogP contribution is -2.38. The van der Waals surface area contributed by atoms with Crippen LogP contribution < -0.4 is 11.1 Å². The minimum Gasteiger partial charge on any atom is -0.392 e. The average Bonchev–Trinajstić information content (AvgIpc) is 2.60. The second kappa shape index (κ2) is 6.48. The molecular weight excluding hydrogens is 266 g/mol. The molecule has 3 nitrogen and oxygen atoms in total. The van der Waals surface area contributed by atoms with Crippen molar-refractivity contribution < 1.29 is 0 Å². The van der Waals surface area contributed by atoms with Crippen LogP contribution >= 0.6 is 23.8 Å². The number of hydrogen-bond donors (Lipinski definition) is 2. The van der Waals surface area contributed by atoms with Gasteiger partial charge < -0.3 is 11.1 Å². The Hall–Kier alpha value is -0.680. The molecule has 3 N–H and O–H groups in total. The maximum Gasteiger partial charge on any atom is 0.0948 e. The van der Waals surface area contributed by atoms with Gasteiger partial charge in [-0.15, -0.1) is 0 Å². The van der Waals surface area contributed by atoms with Crippen LogP contribution in [-0.2, 0) is 0 Å². The Kier molecular flexibility index (Phi) is 4.95. The van der Waals surface area contributed by atoms with Gasteiger partial charge in [0.25, 0.3) is 0 Å². The van der Waals surface area contributed by atoms with Crippen LogP contribution in [0.2, 0.25) is 5.02 Å². The van der Waals surface area contributed by atoms with Crippen molar-refractivity contribution in [1.29, 1.82) is 0 Å². The van der Waals surface area contributed by atoms with E-state index in [-0.39, 0.29) is 6.04 Å². The van der Waals surface area contributed by atoms with Crippen molar-refractivity contribution in [2.24, 2.45) is 5.73 Å². The van der Waals surface area contributed by atoms with Gasteiger partial charge in [0.2, 0.25) is 0 Å². The quantitative estimate of drug-likeness (QED) is 0.832. The summed E-state index contributed by atoms with van der Waals surface area (Å²) in [5.41, 5.74) is 7.04. The predicted octanol–water partition coefficient (Wildman–Crippen LogP) is 1.96. The molecule has 1 aliphatic heterocycles. The molecule has 0 saturated carbocycles. The molecule has 0 amide bonds. The zero-order valence-electron chi connectivity index (χ0n) is 10.2. The Morgan fingerprint density at radius 3 is 2.67 bits per heavy atom. The van der Waals surface area contributed by atoms with E-state index in [9.17, 15) is 0 Å². The fourth-order valence-electron chi connectivity index (χ4n) is 2.32. The molecule has 0 spiro atoms. The summed E-state index contributed by atoms with van der Waals surface area (Å²) in [6.45, 7) is 4.01. The molecule has 1 aliphatic rings. The van der Waals surface area contributed by atoms with E-state index in [0.29, 0.717) is 4.99 Å². The largest absolute Gasteiger partial charge is 0.392 e. The number of thiocarbonyl (C=S) groups is 1. The molecule has 18 heavy (non-hydrogen) atoms. The first-order valence-corrected chi connectivity index (χ1v) is 6.96. The Morgan fingerprint density at radius 2 is 2.00 bits per heavy atom. The maximum atomic E-state index is 5.93. The van der Waals surface area contributed by atoms with Crippen LogP contribution in [-0.4, -0.2) is 36.1 Å². The van der Waals surface area contributed by atoms with Crippen molar-refractivity contribution in [3.05, 3.63) is 34.9 Å². The first-order chi connectivity index (χ1) is 8.68. The van der Waals surface area contributed by atoms with E-state index >= 15 is 0 Å². The fraction of sp³-hybridized carbons (Fsp3) is 0.462. The molecule has 0 aromatic heterocycles. The third kappa shape index (κ3) is 3.42. The molecule has 1 saturated heterocycles. The molecule has 1 aromatic carbocycles. The van der Waals surface area contributed by atoms with Gasteiger partial charge in [-0.25, -0.2) is 0 Å². The van der Waals surface area contributed by atoms with Crippen molar-refractivity contribution in [2.75, 3.05) is 26.2 Å². The summed E-state index contributed by atoms with van der Waals surface area (Å²) in [4.78, 5) is 2.87. The number of nitrogens with one attached hydrogen (secondary N) is 1. The molecule has 1 heterocycles. The van der Waals surface area contributed by atoms with Gasteiger partial charge in [-0.05, 0) is 30.7 Å². The second-order valence-electron chi connectivity index (χ2n) is 4.50. The summed E-state index contributed by atoms with van der Waals surface area (Å²) in [6, 6.07) is 7.79. The van der Waals surface area contributed by atoms with Gasteiger partial charge in [-0.2, -0.15) is 0 Å². The maximum absolute atomic E-state index is 5.93. The smallest absolute Gasteiger partial charge is 0.0948 e. The summed E-state index contributed by atoms with van der Waals surface area (Å²) in [7, 11) is 0. The molecule has 0 aliphatic carbocycles. The number of nitrogens with two attached hydrogens (primary N) is 1. The first kappa shape index (κ1) is 13.7. The Bertz CT molecular complexity index is 399. The van der Waals surface area contributed by atoms with Crippen LogP contribution in [0.3, 0.4) is 0 Å². The monoisotopic (exact) mass is 283 g/mol. The lowest BCUT2D eigenvalue weighted by Gasteiger charge is -2.29. The highest BCUT2D eigenvalue weighted by molar-refractivity contribution is 7.80. The Balaban J connectivity index is 2.21.